The third-order valence-electron chi connectivity index (χ3n) is 4.99. The lowest BCUT2D eigenvalue weighted by atomic mass is 9.79. The topological polar surface area (TPSA) is 42.0 Å². The van der Waals surface area contributed by atoms with Crippen molar-refractivity contribution in [3.05, 3.63) is 35.7 Å². The third kappa shape index (κ3) is 4.44. The van der Waals surface area contributed by atoms with Crippen LogP contribution in [0.5, 0.6) is 0 Å². The Kier molecular flexibility index (Phi) is 6.02. The smallest absolute Gasteiger partial charge is 0.229 e. The number of nitrogens with zero attached hydrogens (tertiary/aromatic N) is 1. The van der Waals surface area contributed by atoms with Gasteiger partial charge in [0.15, 0.2) is 5.13 Å². The van der Waals surface area contributed by atoms with Crippen LogP contribution < -0.4 is 5.32 Å². The Morgan fingerprint density at radius 3 is 2.67 bits per heavy atom. The van der Waals surface area contributed by atoms with E-state index in [-0.39, 0.29) is 11.8 Å². The quantitative estimate of drug-likeness (QED) is 0.726. The van der Waals surface area contributed by atoms with Gasteiger partial charge in [-0.15, -0.1) is 11.3 Å². The maximum atomic E-state index is 12.5. The van der Waals surface area contributed by atoms with Crippen LogP contribution in [0.1, 0.15) is 51.9 Å². The zero-order valence-corrected chi connectivity index (χ0v) is 15.1. The van der Waals surface area contributed by atoms with E-state index in [9.17, 15) is 4.79 Å². The highest BCUT2D eigenvalue weighted by atomic mass is 32.1. The fourth-order valence-electron chi connectivity index (χ4n) is 3.49. The largest absolute Gasteiger partial charge is 0.302 e. The van der Waals surface area contributed by atoms with Crippen molar-refractivity contribution >= 4 is 22.4 Å². The molecule has 2 aromatic rings. The number of nitrogens with one attached hydrogen (secondary N) is 1. The number of carbonyl (C=O) groups is 1. The molecular weight excluding hydrogens is 316 g/mol. The predicted octanol–water partition coefficient (Wildman–Crippen LogP) is 5.75. The molecule has 1 N–H and O–H groups in total. The van der Waals surface area contributed by atoms with Crippen LogP contribution in [0.3, 0.4) is 0 Å². The maximum Gasteiger partial charge on any atom is 0.229 e. The van der Waals surface area contributed by atoms with Crippen LogP contribution in [0.15, 0.2) is 35.7 Å². The molecule has 1 amide bonds. The molecule has 3 rings (SSSR count). The van der Waals surface area contributed by atoms with Crippen LogP contribution in [0.2, 0.25) is 0 Å². The minimum Gasteiger partial charge on any atom is -0.302 e. The Morgan fingerprint density at radius 1 is 1.21 bits per heavy atom. The Labute approximate surface area is 148 Å². The molecule has 0 radical (unpaired) electrons. The van der Waals surface area contributed by atoms with Gasteiger partial charge in [0.05, 0.1) is 5.69 Å². The Balaban J connectivity index is 1.52. The molecule has 0 unspecified atom stereocenters. The number of carbonyl (C=O) groups excluding carboxylic acids is 1. The molecule has 128 valence electrons. The molecule has 1 fully saturated rings. The Morgan fingerprint density at radius 2 is 1.96 bits per heavy atom. The second-order valence-corrected chi connectivity index (χ2v) is 7.61. The molecule has 24 heavy (non-hydrogen) atoms. The van der Waals surface area contributed by atoms with Gasteiger partial charge in [-0.05, 0) is 31.6 Å². The molecular formula is C20H26N2OS. The van der Waals surface area contributed by atoms with Gasteiger partial charge in [-0.25, -0.2) is 4.98 Å². The van der Waals surface area contributed by atoms with E-state index in [2.05, 4.69) is 17.2 Å². The average molecular weight is 343 g/mol. The number of unbranched alkanes of at least 4 members (excludes halogenated alkanes) is 1. The predicted molar refractivity (Wildman–Crippen MR) is 101 cm³/mol. The van der Waals surface area contributed by atoms with Crippen LogP contribution in [0.25, 0.3) is 11.3 Å². The molecule has 1 aromatic carbocycles. The van der Waals surface area contributed by atoms with Crippen LogP contribution in [-0.4, -0.2) is 10.9 Å². The summed E-state index contributed by atoms with van der Waals surface area (Å²) in [6.07, 6.45) is 8.37. The van der Waals surface area contributed by atoms with Gasteiger partial charge in [0, 0.05) is 16.9 Å². The lowest BCUT2D eigenvalue weighted by Crippen LogP contribution is -2.27. The molecule has 1 aliphatic carbocycles. The summed E-state index contributed by atoms with van der Waals surface area (Å²) in [5.41, 5.74) is 2.02. The number of amides is 1. The first kappa shape index (κ1) is 17.2. The van der Waals surface area contributed by atoms with Gasteiger partial charge in [0.25, 0.3) is 0 Å². The standard InChI is InChI=1S/C20H26N2OS/c1-2-3-7-15-10-12-17(13-11-15)19(23)22-20-21-18(14-24-20)16-8-5-4-6-9-16/h4-6,8-9,14-15,17H,2-3,7,10-13H2,1H3,(H,21,22,23). The van der Waals surface area contributed by atoms with Gasteiger partial charge in [-0.3, -0.25) is 4.79 Å². The summed E-state index contributed by atoms with van der Waals surface area (Å²) in [5.74, 6) is 1.14. The normalized spacial score (nSPS) is 20.7. The van der Waals surface area contributed by atoms with Crippen LogP contribution in [0, 0.1) is 11.8 Å². The summed E-state index contributed by atoms with van der Waals surface area (Å²) in [5, 5.41) is 5.75. The van der Waals surface area contributed by atoms with Crippen LogP contribution in [0.4, 0.5) is 5.13 Å². The van der Waals surface area contributed by atoms with Gasteiger partial charge in [0.2, 0.25) is 5.91 Å². The van der Waals surface area contributed by atoms with Gasteiger partial charge < -0.3 is 5.32 Å². The molecule has 4 heteroatoms. The molecule has 0 bridgehead atoms. The zero-order valence-electron chi connectivity index (χ0n) is 14.3. The molecule has 0 saturated heterocycles. The fraction of sp³-hybridized carbons (Fsp3) is 0.500. The highest BCUT2D eigenvalue weighted by Gasteiger charge is 2.26. The summed E-state index contributed by atoms with van der Waals surface area (Å²) < 4.78 is 0. The van der Waals surface area contributed by atoms with E-state index in [1.54, 1.807) is 0 Å². The van der Waals surface area contributed by atoms with Crippen molar-refractivity contribution in [2.24, 2.45) is 11.8 Å². The van der Waals surface area contributed by atoms with Gasteiger partial charge in [0.1, 0.15) is 0 Å². The maximum absolute atomic E-state index is 12.5. The van der Waals surface area contributed by atoms with Crippen molar-refractivity contribution in [1.82, 2.24) is 4.98 Å². The van der Waals surface area contributed by atoms with E-state index in [0.29, 0.717) is 5.13 Å². The monoisotopic (exact) mass is 342 g/mol. The first-order valence-corrected chi connectivity index (χ1v) is 9.96. The first-order chi connectivity index (χ1) is 11.8. The molecule has 0 spiro atoms. The van der Waals surface area contributed by atoms with E-state index < -0.39 is 0 Å². The third-order valence-corrected chi connectivity index (χ3v) is 5.75. The SMILES string of the molecule is CCCCC1CCC(C(=O)Nc2nc(-c3ccccc3)cs2)CC1. The second-order valence-electron chi connectivity index (χ2n) is 6.75. The van der Waals surface area contributed by atoms with E-state index in [1.807, 2.05) is 35.7 Å². The molecule has 0 aliphatic heterocycles. The van der Waals surface area contributed by atoms with Crippen molar-refractivity contribution in [3.63, 3.8) is 0 Å². The van der Waals surface area contributed by atoms with E-state index in [1.165, 1.54) is 43.4 Å². The molecule has 1 aliphatic rings. The van der Waals surface area contributed by atoms with E-state index in [0.717, 1.165) is 30.0 Å². The number of hydrogen-bond acceptors (Lipinski definition) is 3. The summed E-state index contributed by atoms with van der Waals surface area (Å²) in [7, 11) is 0. The molecule has 3 nitrogen and oxygen atoms in total. The van der Waals surface area contributed by atoms with Crippen molar-refractivity contribution in [2.45, 2.75) is 51.9 Å². The first-order valence-electron chi connectivity index (χ1n) is 9.08. The number of rotatable bonds is 6. The Hall–Kier alpha value is -1.68. The summed E-state index contributed by atoms with van der Waals surface area (Å²) >= 11 is 1.51. The van der Waals surface area contributed by atoms with Crippen LogP contribution in [-0.2, 0) is 4.79 Å². The summed E-state index contributed by atoms with van der Waals surface area (Å²) in [4.78, 5) is 17.0. The average Bonchev–Trinajstić information content (AvgIpc) is 3.09. The van der Waals surface area contributed by atoms with E-state index >= 15 is 0 Å². The summed E-state index contributed by atoms with van der Waals surface area (Å²) in [6.45, 7) is 2.25. The van der Waals surface area contributed by atoms with Gasteiger partial charge in [-0.1, -0.05) is 56.5 Å². The number of anilines is 1. The highest BCUT2D eigenvalue weighted by Crippen LogP contribution is 2.33. The minimum atomic E-state index is 0.151. The lowest BCUT2D eigenvalue weighted by molar-refractivity contribution is -0.121. The number of thiazole rings is 1. The van der Waals surface area contributed by atoms with Crippen molar-refractivity contribution < 1.29 is 4.79 Å². The number of aromatic nitrogens is 1. The van der Waals surface area contributed by atoms with Crippen molar-refractivity contribution in [2.75, 3.05) is 5.32 Å². The van der Waals surface area contributed by atoms with Gasteiger partial charge in [-0.2, -0.15) is 0 Å². The van der Waals surface area contributed by atoms with Crippen molar-refractivity contribution in [3.8, 4) is 11.3 Å². The second kappa shape index (κ2) is 8.43. The van der Waals surface area contributed by atoms with E-state index in [4.69, 9.17) is 0 Å². The Bertz CT molecular complexity index is 645. The molecule has 1 aromatic heterocycles. The van der Waals surface area contributed by atoms with Crippen molar-refractivity contribution in [1.29, 1.82) is 0 Å². The molecule has 1 saturated carbocycles. The number of hydrogen-bond donors (Lipinski definition) is 1. The van der Waals surface area contributed by atoms with Gasteiger partial charge >= 0.3 is 0 Å². The summed E-state index contributed by atoms with van der Waals surface area (Å²) in [6, 6.07) is 10.1. The minimum absolute atomic E-state index is 0.151. The highest BCUT2D eigenvalue weighted by molar-refractivity contribution is 7.14. The number of benzene rings is 1. The lowest BCUT2D eigenvalue weighted by Gasteiger charge is -2.27. The van der Waals surface area contributed by atoms with Crippen LogP contribution >= 0.6 is 11.3 Å². The molecule has 0 atom stereocenters. The fourth-order valence-corrected chi connectivity index (χ4v) is 4.21. The molecule has 1 heterocycles. The zero-order chi connectivity index (χ0) is 16.8.